The fourth-order valence-corrected chi connectivity index (χ4v) is 16.2. The summed E-state index contributed by atoms with van der Waals surface area (Å²) in [5.74, 6) is 0.704. The summed E-state index contributed by atoms with van der Waals surface area (Å²) >= 11 is 1.87. The lowest BCUT2D eigenvalue weighted by molar-refractivity contribution is 1.18. The molecule has 0 atom stereocenters. The number of hydrogen-bond donors (Lipinski definition) is 0. The zero-order chi connectivity index (χ0) is 41.0. The van der Waals surface area contributed by atoms with Gasteiger partial charge in [-0.05, 0) is 84.5 Å². The van der Waals surface area contributed by atoms with Gasteiger partial charge in [-0.2, -0.15) is 0 Å². The van der Waals surface area contributed by atoms with Crippen LogP contribution in [-0.2, 0) is 0 Å². The molecule has 3 heterocycles. The van der Waals surface area contributed by atoms with Crippen molar-refractivity contribution in [2.45, 2.75) is 0 Å². The second kappa shape index (κ2) is 14.9. The largest absolute Gasteiger partial charge is 0.228 e. The van der Waals surface area contributed by atoms with Crippen molar-refractivity contribution in [3.63, 3.8) is 0 Å². The SMILES string of the molecule is c1ccc(-c2cc(-c3cc(-c4ccc5c(c4)[Si](c4ccccc4)(c4ccccc4)c4ccccc4-5)nc(-c4ccccc4)n3)cc(-c3cccc4c3sc3ccccc34)c2)cc1. The average Bonchev–Trinajstić information content (AvgIpc) is 3.89. The Balaban J connectivity index is 1.10. The van der Waals surface area contributed by atoms with Gasteiger partial charge in [0.05, 0.1) is 11.4 Å². The van der Waals surface area contributed by atoms with Crippen LogP contribution in [0.15, 0.2) is 231 Å². The number of benzene rings is 9. The number of nitrogens with zero attached hydrogens (tertiary/aromatic N) is 2. The maximum atomic E-state index is 5.40. The Hall–Kier alpha value is -7.50. The van der Waals surface area contributed by atoms with E-state index in [1.807, 2.05) is 17.4 Å². The Morgan fingerprint density at radius 2 is 0.871 bits per heavy atom. The van der Waals surface area contributed by atoms with Crippen LogP contribution in [0.2, 0.25) is 0 Å². The number of rotatable bonds is 7. The molecular weight excluding hydrogens is 785 g/mol. The van der Waals surface area contributed by atoms with Gasteiger partial charge in [0.15, 0.2) is 13.9 Å². The molecule has 11 aromatic rings. The van der Waals surface area contributed by atoms with E-state index in [-0.39, 0.29) is 0 Å². The van der Waals surface area contributed by atoms with Crippen LogP contribution in [0.5, 0.6) is 0 Å². The van der Waals surface area contributed by atoms with E-state index in [4.69, 9.17) is 9.97 Å². The van der Waals surface area contributed by atoms with Crippen molar-refractivity contribution in [3.8, 4) is 67.3 Å². The van der Waals surface area contributed by atoms with Crippen molar-refractivity contribution >= 4 is 60.3 Å². The molecule has 4 heteroatoms. The van der Waals surface area contributed by atoms with Gasteiger partial charge in [-0.3, -0.25) is 0 Å². The van der Waals surface area contributed by atoms with E-state index in [0.29, 0.717) is 5.82 Å². The lowest BCUT2D eigenvalue weighted by Gasteiger charge is -2.31. The third kappa shape index (κ3) is 5.91. The zero-order valence-electron chi connectivity index (χ0n) is 33.7. The van der Waals surface area contributed by atoms with Gasteiger partial charge in [-0.1, -0.05) is 200 Å². The summed E-state index contributed by atoms with van der Waals surface area (Å²) in [7, 11) is -2.71. The summed E-state index contributed by atoms with van der Waals surface area (Å²) in [6, 6.07) is 84.3. The Morgan fingerprint density at radius 1 is 0.323 bits per heavy atom. The molecule has 12 rings (SSSR count). The summed E-state index contributed by atoms with van der Waals surface area (Å²) in [5, 5.41) is 8.15. The third-order valence-corrected chi connectivity index (χ3v) is 18.6. The molecule has 0 saturated heterocycles. The first-order valence-electron chi connectivity index (χ1n) is 21.1. The number of thiophene rings is 1. The van der Waals surface area contributed by atoms with Gasteiger partial charge in [0.2, 0.25) is 0 Å². The maximum absolute atomic E-state index is 5.40. The Kier molecular flexibility index (Phi) is 8.73. The van der Waals surface area contributed by atoms with E-state index < -0.39 is 8.07 Å². The van der Waals surface area contributed by atoms with Crippen LogP contribution in [-0.4, -0.2) is 18.0 Å². The van der Waals surface area contributed by atoms with Gasteiger partial charge < -0.3 is 0 Å². The fourth-order valence-electron chi connectivity index (χ4n) is 9.77. The van der Waals surface area contributed by atoms with E-state index in [0.717, 1.165) is 44.8 Å². The third-order valence-electron chi connectivity index (χ3n) is 12.6. The van der Waals surface area contributed by atoms with E-state index >= 15 is 0 Å². The average molecular weight is 823 g/mol. The summed E-state index contributed by atoms with van der Waals surface area (Å²) in [6.45, 7) is 0. The second-order valence-electron chi connectivity index (χ2n) is 16.1. The Morgan fingerprint density at radius 3 is 1.61 bits per heavy atom. The molecular formula is C58H38N2SSi. The van der Waals surface area contributed by atoms with Crippen molar-refractivity contribution in [1.82, 2.24) is 9.97 Å². The molecule has 0 aliphatic carbocycles. The van der Waals surface area contributed by atoms with Gasteiger partial charge >= 0.3 is 0 Å². The molecule has 2 aromatic heterocycles. The highest BCUT2D eigenvalue weighted by molar-refractivity contribution is 7.26. The lowest BCUT2D eigenvalue weighted by Crippen LogP contribution is -2.72. The van der Waals surface area contributed by atoms with Gasteiger partial charge in [-0.25, -0.2) is 9.97 Å². The predicted molar refractivity (Wildman–Crippen MR) is 265 cm³/mol. The normalized spacial score (nSPS) is 12.6. The van der Waals surface area contributed by atoms with Crippen LogP contribution in [0.3, 0.4) is 0 Å². The molecule has 0 N–H and O–H groups in total. The Labute approximate surface area is 366 Å². The minimum Gasteiger partial charge on any atom is -0.228 e. The molecule has 0 amide bonds. The molecule has 0 bridgehead atoms. The topological polar surface area (TPSA) is 25.8 Å². The summed E-state index contributed by atoms with van der Waals surface area (Å²) in [4.78, 5) is 10.8. The standard InChI is InChI=1S/C58H38N2SSi/c1-5-18-39(19-6-1)42-34-43(47-28-17-29-51-48-26-13-15-30-54(48)61-57(47)51)36-44(35-42)53-38-52(59-58(60-53)40-20-7-2-8-21-40)41-32-33-50-49-27-14-16-31-55(49)62(56(50)37-41,45-22-9-3-10-23-45)46-24-11-4-12-25-46/h1-38H. The number of hydrogen-bond acceptors (Lipinski definition) is 3. The first-order chi connectivity index (χ1) is 30.7. The molecule has 0 saturated carbocycles. The van der Waals surface area contributed by atoms with Crippen LogP contribution in [0.25, 0.3) is 87.5 Å². The first kappa shape index (κ1) is 36.4. The molecule has 0 radical (unpaired) electrons. The quantitative estimate of drug-likeness (QED) is 0.150. The highest BCUT2D eigenvalue weighted by Gasteiger charge is 2.48. The van der Waals surface area contributed by atoms with Gasteiger partial charge in [0.25, 0.3) is 0 Å². The summed E-state index contributed by atoms with van der Waals surface area (Å²) in [6.07, 6.45) is 0. The lowest BCUT2D eigenvalue weighted by atomic mass is 9.93. The van der Waals surface area contributed by atoms with Crippen LogP contribution in [0, 0.1) is 0 Å². The molecule has 0 spiro atoms. The van der Waals surface area contributed by atoms with E-state index in [1.54, 1.807) is 0 Å². The second-order valence-corrected chi connectivity index (χ2v) is 20.8. The fraction of sp³-hybridized carbons (Fsp3) is 0. The monoisotopic (exact) mass is 822 g/mol. The zero-order valence-corrected chi connectivity index (χ0v) is 35.6. The van der Waals surface area contributed by atoms with Crippen LogP contribution >= 0.6 is 11.3 Å². The van der Waals surface area contributed by atoms with Crippen molar-refractivity contribution in [3.05, 3.63) is 231 Å². The number of fused-ring (bicyclic) bond motifs is 6. The highest BCUT2D eigenvalue weighted by atomic mass is 32.1. The van der Waals surface area contributed by atoms with Crippen molar-refractivity contribution < 1.29 is 0 Å². The molecule has 0 unspecified atom stereocenters. The maximum Gasteiger partial charge on any atom is 0.180 e. The van der Waals surface area contributed by atoms with E-state index in [2.05, 4.69) is 224 Å². The predicted octanol–water partition coefficient (Wildman–Crippen LogP) is 12.5. The molecule has 0 fully saturated rings. The van der Waals surface area contributed by atoms with E-state index in [9.17, 15) is 0 Å². The molecule has 9 aromatic carbocycles. The minimum absolute atomic E-state index is 0.704. The highest BCUT2D eigenvalue weighted by Crippen LogP contribution is 2.42. The molecule has 1 aliphatic rings. The van der Waals surface area contributed by atoms with E-state index in [1.165, 1.54) is 57.6 Å². The smallest absolute Gasteiger partial charge is 0.180 e. The van der Waals surface area contributed by atoms with Crippen molar-refractivity contribution in [1.29, 1.82) is 0 Å². The first-order valence-corrected chi connectivity index (χ1v) is 24.0. The van der Waals surface area contributed by atoms with Crippen LogP contribution in [0.1, 0.15) is 0 Å². The Bertz CT molecular complexity index is 3420. The van der Waals surface area contributed by atoms with Gasteiger partial charge in [-0.15, -0.1) is 11.3 Å². The van der Waals surface area contributed by atoms with Crippen molar-refractivity contribution in [2.75, 3.05) is 0 Å². The van der Waals surface area contributed by atoms with Gasteiger partial charge in [0, 0.05) is 36.9 Å². The number of aromatic nitrogens is 2. The molecule has 290 valence electrons. The summed E-state index contributed by atoms with van der Waals surface area (Å²) < 4.78 is 2.59. The van der Waals surface area contributed by atoms with Gasteiger partial charge in [0.1, 0.15) is 0 Å². The summed E-state index contributed by atoms with van der Waals surface area (Å²) in [5.41, 5.74) is 12.2. The van der Waals surface area contributed by atoms with Crippen LogP contribution < -0.4 is 20.7 Å². The molecule has 1 aliphatic heterocycles. The van der Waals surface area contributed by atoms with Crippen LogP contribution in [0.4, 0.5) is 0 Å². The van der Waals surface area contributed by atoms with Crippen molar-refractivity contribution in [2.24, 2.45) is 0 Å². The molecule has 2 nitrogen and oxygen atoms in total. The molecule has 62 heavy (non-hydrogen) atoms. The minimum atomic E-state index is -2.71.